The molecular formula is C40H63N3O3. The smallest absolute Gasteiger partial charge is 0.160 e. The minimum absolute atomic E-state index is 0.112. The molecule has 0 aliphatic carbocycles. The van der Waals surface area contributed by atoms with E-state index in [1.165, 1.54) is 82.6 Å². The zero-order valence-electron chi connectivity index (χ0n) is 29.8. The summed E-state index contributed by atoms with van der Waals surface area (Å²) in [4.78, 5) is 0. The zero-order valence-corrected chi connectivity index (χ0v) is 29.8. The first-order chi connectivity index (χ1) is 22.5. The zero-order chi connectivity index (χ0) is 33.3. The molecule has 0 aliphatic rings. The fourth-order valence-electron chi connectivity index (χ4n) is 6.52. The van der Waals surface area contributed by atoms with Crippen LogP contribution in [0.25, 0.3) is 0 Å². The van der Waals surface area contributed by atoms with Crippen LogP contribution in [0.5, 0.6) is 17.2 Å². The van der Waals surface area contributed by atoms with E-state index in [0.717, 1.165) is 67.8 Å². The molecule has 0 saturated carbocycles. The van der Waals surface area contributed by atoms with Gasteiger partial charge in [0.2, 0.25) is 0 Å². The second kappa shape index (κ2) is 24.2. The minimum atomic E-state index is -0.526. The fourth-order valence-corrected chi connectivity index (χ4v) is 6.52. The third-order valence-electron chi connectivity index (χ3n) is 9.25. The van der Waals surface area contributed by atoms with Crippen molar-refractivity contribution in [1.82, 2.24) is 0 Å². The molecular weight excluding hydrogens is 570 g/mol. The van der Waals surface area contributed by atoms with Crippen LogP contribution < -0.4 is 14.2 Å². The molecule has 6 heteroatoms. The van der Waals surface area contributed by atoms with Gasteiger partial charge in [-0.25, -0.2) is 0 Å². The number of nitriles is 1. The lowest BCUT2D eigenvalue weighted by atomic mass is 9.73. The summed E-state index contributed by atoms with van der Waals surface area (Å²) >= 11 is 0. The van der Waals surface area contributed by atoms with Crippen LogP contribution in [0.2, 0.25) is 0 Å². The van der Waals surface area contributed by atoms with Gasteiger partial charge in [-0.15, -0.1) is 0 Å². The number of nitrogens with zero attached hydrogens (tertiary/aromatic N) is 3. The summed E-state index contributed by atoms with van der Waals surface area (Å²) in [6.07, 6.45) is 22.5. The van der Waals surface area contributed by atoms with E-state index in [9.17, 15) is 5.26 Å². The summed E-state index contributed by atoms with van der Waals surface area (Å²) in [5.74, 6) is 2.33. The topological polar surface area (TPSA) is 76.2 Å². The fraction of sp³-hybridized carbons (Fsp3) is 0.675. The van der Waals surface area contributed by atoms with Crippen molar-refractivity contribution in [2.24, 2.45) is 10.2 Å². The Morgan fingerprint density at radius 3 is 1.96 bits per heavy atom. The highest BCUT2D eigenvalue weighted by atomic mass is 16.5. The number of aryl methyl sites for hydroxylation is 1. The van der Waals surface area contributed by atoms with Gasteiger partial charge in [-0.2, -0.15) is 15.5 Å². The van der Waals surface area contributed by atoms with Gasteiger partial charge < -0.3 is 14.2 Å². The molecule has 0 aromatic heterocycles. The first kappa shape index (κ1) is 39.1. The molecule has 0 aliphatic heterocycles. The summed E-state index contributed by atoms with van der Waals surface area (Å²) in [6.45, 7) is 4.90. The summed E-state index contributed by atoms with van der Waals surface area (Å²) < 4.78 is 16.7. The maximum Gasteiger partial charge on any atom is 0.160 e. The summed E-state index contributed by atoms with van der Waals surface area (Å²) in [5, 5.41) is 19.4. The average Bonchev–Trinajstić information content (AvgIpc) is 3.08. The Bertz CT molecular complexity index is 1140. The number of hydrogen-bond acceptors (Lipinski definition) is 6. The van der Waals surface area contributed by atoms with E-state index in [2.05, 4.69) is 41.4 Å². The highest BCUT2D eigenvalue weighted by molar-refractivity contribution is 5.43. The van der Waals surface area contributed by atoms with E-state index in [4.69, 9.17) is 14.2 Å². The van der Waals surface area contributed by atoms with Crippen molar-refractivity contribution in [2.45, 2.75) is 147 Å². The quantitative estimate of drug-likeness (QED) is 0.0724. The molecule has 2 aromatic carbocycles. The molecule has 0 N–H and O–H groups in total. The number of ether oxygens (including phenoxy) is 3. The Morgan fingerprint density at radius 1 is 0.739 bits per heavy atom. The van der Waals surface area contributed by atoms with Gasteiger partial charge in [-0.3, -0.25) is 0 Å². The SMILES string of the molecule is CCCCCCCCCCCCCCCC(C#N)(CCCC(CCc1ccc(OC)c(OC)c1)N=NC)c1cccc(OCC)c1. The van der Waals surface area contributed by atoms with Crippen molar-refractivity contribution < 1.29 is 14.2 Å². The molecule has 2 unspecified atom stereocenters. The number of rotatable bonds is 27. The minimum Gasteiger partial charge on any atom is -0.494 e. The van der Waals surface area contributed by atoms with E-state index >= 15 is 0 Å². The molecule has 2 aromatic rings. The third-order valence-corrected chi connectivity index (χ3v) is 9.25. The van der Waals surface area contributed by atoms with Gasteiger partial charge in [0.15, 0.2) is 11.5 Å². The van der Waals surface area contributed by atoms with Crippen molar-refractivity contribution in [3.05, 3.63) is 53.6 Å². The standard InChI is InChI=1S/C40H63N3O3/c1-6-8-9-10-11-12-13-14-15-16-17-18-19-29-40(33-41,35-22-20-24-37(32-35)46-7-2)30-21-23-36(43-42-3)27-25-34-26-28-38(44-4)39(31-34)45-5/h20,22,24,26,28,31-32,36H,6-19,21,23,25,27,29-30H2,1-5H3. The molecule has 2 atom stereocenters. The number of benzene rings is 2. The second-order valence-electron chi connectivity index (χ2n) is 12.7. The molecule has 2 rings (SSSR count). The van der Waals surface area contributed by atoms with Crippen LogP contribution in [-0.4, -0.2) is 33.9 Å². The normalized spacial score (nSPS) is 13.3. The van der Waals surface area contributed by atoms with Crippen molar-refractivity contribution in [3.63, 3.8) is 0 Å². The van der Waals surface area contributed by atoms with Crippen molar-refractivity contribution in [1.29, 1.82) is 5.26 Å². The molecule has 46 heavy (non-hydrogen) atoms. The van der Waals surface area contributed by atoms with Crippen LogP contribution in [-0.2, 0) is 11.8 Å². The Morgan fingerprint density at radius 2 is 1.37 bits per heavy atom. The predicted molar refractivity (Wildman–Crippen MR) is 191 cm³/mol. The van der Waals surface area contributed by atoms with Gasteiger partial charge in [0, 0.05) is 7.05 Å². The Labute approximate surface area is 281 Å². The molecule has 0 heterocycles. The summed E-state index contributed by atoms with van der Waals surface area (Å²) in [5.41, 5.74) is 1.75. The lowest BCUT2D eigenvalue weighted by Gasteiger charge is -2.28. The first-order valence-corrected chi connectivity index (χ1v) is 18.2. The van der Waals surface area contributed by atoms with Crippen LogP contribution in [0.4, 0.5) is 0 Å². The lowest BCUT2D eigenvalue weighted by Crippen LogP contribution is -2.25. The van der Waals surface area contributed by atoms with Crippen LogP contribution in [0.1, 0.15) is 141 Å². The number of unbranched alkanes of at least 4 members (excludes halogenated alkanes) is 12. The molecule has 0 radical (unpaired) electrons. The Kier molecular flexibility index (Phi) is 20.5. The predicted octanol–water partition coefficient (Wildman–Crippen LogP) is 11.6. The summed E-state index contributed by atoms with van der Waals surface area (Å²) in [7, 11) is 5.07. The van der Waals surface area contributed by atoms with Gasteiger partial charge in [-0.05, 0) is 80.8 Å². The lowest BCUT2D eigenvalue weighted by molar-refractivity contribution is 0.337. The molecule has 0 fully saturated rings. The Balaban J connectivity index is 1.93. The number of azo groups is 1. The van der Waals surface area contributed by atoms with E-state index in [1.54, 1.807) is 21.3 Å². The van der Waals surface area contributed by atoms with E-state index in [0.29, 0.717) is 6.61 Å². The second-order valence-corrected chi connectivity index (χ2v) is 12.7. The van der Waals surface area contributed by atoms with E-state index in [-0.39, 0.29) is 6.04 Å². The van der Waals surface area contributed by atoms with Crippen LogP contribution in [0, 0.1) is 11.3 Å². The highest BCUT2D eigenvalue weighted by Crippen LogP contribution is 2.37. The van der Waals surface area contributed by atoms with Gasteiger partial charge >= 0.3 is 0 Å². The third kappa shape index (κ3) is 14.6. The molecule has 256 valence electrons. The van der Waals surface area contributed by atoms with E-state index < -0.39 is 5.41 Å². The van der Waals surface area contributed by atoms with Crippen molar-refractivity contribution >= 4 is 0 Å². The van der Waals surface area contributed by atoms with Gasteiger partial charge in [-0.1, -0.05) is 109 Å². The van der Waals surface area contributed by atoms with Gasteiger partial charge in [0.05, 0.1) is 38.4 Å². The number of methoxy groups -OCH3 is 2. The number of hydrogen-bond donors (Lipinski definition) is 0. The maximum atomic E-state index is 10.7. The average molecular weight is 634 g/mol. The van der Waals surface area contributed by atoms with E-state index in [1.807, 2.05) is 31.2 Å². The Hall–Kier alpha value is -3.07. The summed E-state index contributed by atoms with van der Waals surface area (Å²) in [6, 6.07) is 17.2. The molecule has 0 spiro atoms. The van der Waals surface area contributed by atoms with Crippen molar-refractivity contribution in [2.75, 3.05) is 27.9 Å². The monoisotopic (exact) mass is 633 g/mol. The van der Waals surface area contributed by atoms with Crippen LogP contribution in [0.3, 0.4) is 0 Å². The highest BCUT2D eigenvalue weighted by Gasteiger charge is 2.32. The first-order valence-electron chi connectivity index (χ1n) is 18.2. The van der Waals surface area contributed by atoms with Crippen LogP contribution in [0.15, 0.2) is 52.7 Å². The van der Waals surface area contributed by atoms with Crippen molar-refractivity contribution in [3.8, 4) is 23.3 Å². The molecule has 0 saturated heterocycles. The largest absolute Gasteiger partial charge is 0.494 e. The van der Waals surface area contributed by atoms with Gasteiger partial charge in [0.25, 0.3) is 0 Å². The molecule has 6 nitrogen and oxygen atoms in total. The molecule has 0 amide bonds. The van der Waals surface area contributed by atoms with Crippen LogP contribution >= 0.6 is 0 Å². The maximum absolute atomic E-state index is 10.7. The molecule has 0 bridgehead atoms. The van der Waals surface area contributed by atoms with Gasteiger partial charge in [0.1, 0.15) is 5.75 Å².